The number of anilines is 2. The summed E-state index contributed by atoms with van der Waals surface area (Å²) in [5.41, 5.74) is 1.37. The molecule has 35 heavy (non-hydrogen) atoms. The summed E-state index contributed by atoms with van der Waals surface area (Å²) in [6.45, 7) is 1.38. The van der Waals surface area contributed by atoms with E-state index in [1.54, 1.807) is 33.7 Å². The molecule has 0 spiro atoms. The fourth-order valence-corrected chi connectivity index (χ4v) is 4.93. The lowest BCUT2D eigenvalue weighted by Gasteiger charge is -2.43. The monoisotopic (exact) mass is 476 g/mol. The van der Waals surface area contributed by atoms with Gasteiger partial charge in [-0.25, -0.2) is 9.18 Å². The number of likely N-dealkylation sites (tertiary alicyclic amines) is 1. The quantitative estimate of drug-likeness (QED) is 0.588. The lowest BCUT2D eigenvalue weighted by Crippen LogP contribution is -2.50. The molecular weight excluding hydrogens is 451 g/mol. The Hall–Kier alpha value is -4.14. The molecule has 9 heteroatoms. The van der Waals surface area contributed by atoms with Gasteiger partial charge in [0.2, 0.25) is 0 Å². The lowest BCUT2D eigenvalue weighted by molar-refractivity contribution is -0.136. The first kappa shape index (κ1) is 22.6. The number of benzene rings is 2. The molecule has 1 saturated heterocycles. The van der Waals surface area contributed by atoms with Crippen LogP contribution in [0.1, 0.15) is 18.0 Å². The van der Waals surface area contributed by atoms with E-state index < -0.39 is 11.8 Å². The molecule has 2 N–H and O–H groups in total. The lowest BCUT2D eigenvalue weighted by atomic mass is 9.82. The van der Waals surface area contributed by atoms with Crippen LogP contribution in [0.25, 0.3) is 0 Å². The molecular formula is C26H25FN4O4. The van der Waals surface area contributed by atoms with E-state index in [4.69, 9.17) is 4.74 Å². The van der Waals surface area contributed by atoms with Crippen molar-refractivity contribution < 1.29 is 18.7 Å². The van der Waals surface area contributed by atoms with Gasteiger partial charge in [-0.3, -0.25) is 9.59 Å². The Kier molecular flexibility index (Phi) is 6.22. The molecule has 1 fully saturated rings. The third-order valence-electron chi connectivity index (χ3n) is 6.38. The molecule has 3 amide bonds. The van der Waals surface area contributed by atoms with Crippen molar-refractivity contribution in [2.75, 3.05) is 30.3 Å². The van der Waals surface area contributed by atoms with Crippen molar-refractivity contribution in [1.82, 2.24) is 9.47 Å². The van der Waals surface area contributed by atoms with Gasteiger partial charge in [-0.15, -0.1) is 0 Å². The van der Waals surface area contributed by atoms with E-state index in [0.29, 0.717) is 42.5 Å². The molecule has 0 unspecified atom stereocenters. The number of halogens is 1. The molecule has 0 aliphatic carbocycles. The number of fused-ring (bicyclic) bond motifs is 4. The number of amides is 3. The molecule has 2 aromatic carbocycles. The minimum atomic E-state index is -0.542. The topological polar surface area (TPSA) is 92.7 Å². The van der Waals surface area contributed by atoms with Crippen LogP contribution in [0.4, 0.5) is 20.6 Å². The van der Waals surface area contributed by atoms with Crippen LogP contribution in [0.5, 0.6) is 5.75 Å². The highest BCUT2D eigenvalue weighted by Gasteiger charge is 2.38. The second-order valence-electron chi connectivity index (χ2n) is 8.87. The molecule has 8 nitrogen and oxygen atoms in total. The zero-order valence-electron chi connectivity index (χ0n) is 18.9. The SMILES string of the molecule is O=C(Nc1cccc(F)c1)Nc1ccc(=O)n2c1[C@@H]1C[C@@H](CN(C(=O)COc3ccccc3)C1)C2. The summed E-state index contributed by atoms with van der Waals surface area (Å²) in [5.74, 6) is 0.0811. The van der Waals surface area contributed by atoms with Crippen LogP contribution < -0.4 is 20.9 Å². The van der Waals surface area contributed by atoms with Gasteiger partial charge < -0.3 is 24.8 Å². The predicted octanol–water partition coefficient (Wildman–Crippen LogP) is 3.66. The fraction of sp³-hybridized carbons (Fsp3) is 0.269. The molecule has 3 aromatic rings. The Morgan fingerprint density at radius 1 is 0.971 bits per heavy atom. The van der Waals surface area contributed by atoms with Gasteiger partial charge in [0.05, 0.1) is 5.69 Å². The van der Waals surface area contributed by atoms with Gasteiger partial charge in [0, 0.05) is 43.0 Å². The zero-order chi connectivity index (χ0) is 24.4. The Morgan fingerprint density at radius 2 is 1.80 bits per heavy atom. The predicted molar refractivity (Wildman–Crippen MR) is 129 cm³/mol. The first-order valence-corrected chi connectivity index (χ1v) is 11.5. The van der Waals surface area contributed by atoms with E-state index in [0.717, 1.165) is 6.42 Å². The highest BCUT2D eigenvalue weighted by molar-refractivity contribution is 6.00. The summed E-state index contributed by atoms with van der Waals surface area (Å²) in [7, 11) is 0. The zero-order valence-corrected chi connectivity index (χ0v) is 18.9. The Labute approximate surface area is 201 Å². The van der Waals surface area contributed by atoms with Crippen molar-refractivity contribution in [1.29, 1.82) is 0 Å². The summed E-state index contributed by atoms with van der Waals surface area (Å²) in [4.78, 5) is 39.9. The van der Waals surface area contributed by atoms with Crippen molar-refractivity contribution >= 4 is 23.3 Å². The van der Waals surface area contributed by atoms with E-state index in [1.165, 1.54) is 24.3 Å². The third kappa shape index (κ3) is 5.03. The largest absolute Gasteiger partial charge is 0.484 e. The maximum absolute atomic E-state index is 13.5. The summed E-state index contributed by atoms with van der Waals surface area (Å²) in [6.07, 6.45) is 0.812. The van der Waals surface area contributed by atoms with Crippen molar-refractivity contribution in [2.45, 2.75) is 18.9 Å². The van der Waals surface area contributed by atoms with Crippen LogP contribution in [0.15, 0.2) is 71.5 Å². The highest BCUT2D eigenvalue weighted by atomic mass is 19.1. The minimum Gasteiger partial charge on any atom is -0.484 e. The normalized spacial score (nSPS) is 18.4. The number of para-hydroxylation sites is 1. The van der Waals surface area contributed by atoms with Crippen molar-refractivity contribution in [3.63, 3.8) is 0 Å². The Morgan fingerprint density at radius 3 is 2.60 bits per heavy atom. The molecule has 180 valence electrons. The molecule has 2 aliphatic rings. The van der Waals surface area contributed by atoms with E-state index in [1.807, 2.05) is 18.2 Å². The molecule has 2 aliphatic heterocycles. The van der Waals surface area contributed by atoms with Crippen LogP contribution >= 0.6 is 0 Å². The first-order chi connectivity index (χ1) is 17.0. The molecule has 1 aromatic heterocycles. The van der Waals surface area contributed by atoms with Gasteiger partial charge >= 0.3 is 6.03 Å². The summed E-state index contributed by atoms with van der Waals surface area (Å²) < 4.78 is 20.8. The molecule has 0 radical (unpaired) electrons. The van der Waals surface area contributed by atoms with Crippen molar-refractivity contribution in [3.8, 4) is 5.75 Å². The number of pyridine rings is 1. The average molecular weight is 477 g/mol. The number of aromatic nitrogens is 1. The number of hydrogen-bond donors (Lipinski definition) is 2. The van der Waals surface area contributed by atoms with E-state index in [2.05, 4.69) is 10.6 Å². The van der Waals surface area contributed by atoms with Gasteiger partial charge in [0.1, 0.15) is 11.6 Å². The van der Waals surface area contributed by atoms with Crippen LogP contribution in [0.2, 0.25) is 0 Å². The number of carbonyl (C=O) groups is 2. The maximum atomic E-state index is 13.5. The number of nitrogens with one attached hydrogen (secondary N) is 2. The Balaban J connectivity index is 1.32. The summed E-state index contributed by atoms with van der Waals surface area (Å²) >= 11 is 0. The van der Waals surface area contributed by atoms with Gasteiger partial charge in [-0.2, -0.15) is 0 Å². The number of ether oxygens (including phenoxy) is 1. The third-order valence-corrected chi connectivity index (χ3v) is 6.38. The standard InChI is InChI=1S/C26H25FN4O4/c27-19-5-4-6-20(12-19)28-26(34)29-22-9-10-23(32)31-14-17-11-18(25(22)31)15-30(13-17)24(33)16-35-21-7-2-1-3-8-21/h1-10,12,17-18H,11,13-16H2,(H2,28,29,34)/t17-,18+/m0/s1. The van der Waals surface area contributed by atoms with E-state index in [-0.39, 0.29) is 29.9 Å². The van der Waals surface area contributed by atoms with Crippen molar-refractivity contribution in [3.05, 3.63) is 88.6 Å². The molecule has 0 saturated carbocycles. The van der Waals surface area contributed by atoms with Crippen LogP contribution in [0, 0.1) is 11.7 Å². The van der Waals surface area contributed by atoms with Gasteiger partial charge in [-0.05, 0) is 48.7 Å². The van der Waals surface area contributed by atoms with Crippen molar-refractivity contribution in [2.24, 2.45) is 5.92 Å². The van der Waals surface area contributed by atoms with E-state index in [9.17, 15) is 18.8 Å². The maximum Gasteiger partial charge on any atom is 0.323 e. The van der Waals surface area contributed by atoms with Crippen LogP contribution in [0.3, 0.4) is 0 Å². The van der Waals surface area contributed by atoms with Gasteiger partial charge in [-0.1, -0.05) is 24.3 Å². The number of urea groups is 1. The molecule has 2 atom stereocenters. The first-order valence-electron chi connectivity index (χ1n) is 11.5. The van der Waals surface area contributed by atoms with Crippen LogP contribution in [-0.4, -0.2) is 41.1 Å². The number of hydrogen-bond acceptors (Lipinski definition) is 4. The van der Waals surface area contributed by atoms with E-state index >= 15 is 0 Å². The molecule has 3 heterocycles. The number of piperidine rings is 1. The number of nitrogens with zero attached hydrogens (tertiary/aromatic N) is 2. The number of carbonyl (C=O) groups excluding carboxylic acids is 2. The van der Waals surface area contributed by atoms with Gasteiger partial charge in [0.15, 0.2) is 6.61 Å². The number of rotatable bonds is 5. The molecule has 2 bridgehead atoms. The fourth-order valence-electron chi connectivity index (χ4n) is 4.93. The minimum absolute atomic E-state index is 0.0633. The Bertz CT molecular complexity index is 1310. The summed E-state index contributed by atoms with van der Waals surface area (Å²) in [5, 5.41) is 5.41. The second kappa shape index (κ2) is 9.61. The highest BCUT2D eigenvalue weighted by Crippen LogP contribution is 2.38. The summed E-state index contributed by atoms with van der Waals surface area (Å²) in [6, 6.07) is 17.2. The van der Waals surface area contributed by atoms with Crippen LogP contribution in [-0.2, 0) is 11.3 Å². The second-order valence-corrected chi connectivity index (χ2v) is 8.87. The smallest absolute Gasteiger partial charge is 0.323 e. The van der Waals surface area contributed by atoms with Gasteiger partial charge in [0.25, 0.3) is 11.5 Å². The molecule has 5 rings (SSSR count). The average Bonchev–Trinajstić information content (AvgIpc) is 2.84.